The molecular formula is C14H18N2O6. The fourth-order valence-electron chi connectivity index (χ4n) is 2.12. The zero-order valence-electron chi connectivity index (χ0n) is 12.0. The van der Waals surface area contributed by atoms with E-state index in [-0.39, 0.29) is 42.2 Å². The Balaban J connectivity index is 1.98. The molecule has 5 N–H and O–H groups in total. The Kier molecular flexibility index (Phi) is 4.53. The van der Waals surface area contributed by atoms with Crippen molar-refractivity contribution in [3.8, 4) is 11.5 Å². The Bertz CT molecular complexity index is 583. The topological polar surface area (TPSA) is 133 Å². The molecule has 0 bridgehead atoms. The van der Waals surface area contributed by atoms with Crippen molar-refractivity contribution in [2.24, 2.45) is 5.73 Å². The minimum Gasteiger partial charge on any atom is -0.507 e. The number of carboxylic acids is 1. The number of carbonyl (C=O) groups is 2. The number of aliphatic hydroxyl groups excluding tert-OH is 1. The first kappa shape index (κ1) is 16.1. The fourth-order valence-corrected chi connectivity index (χ4v) is 2.12. The number of hydrogen-bond donors (Lipinski definition) is 4. The quantitative estimate of drug-likeness (QED) is 0.570. The molecule has 0 aliphatic carbocycles. The zero-order valence-corrected chi connectivity index (χ0v) is 12.0. The number of likely N-dealkylation sites (tertiary alicyclic amines) is 1. The van der Waals surface area contributed by atoms with Crippen LogP contribution in [-0.2, 0) is 4.79 Å². The summed E-state index contributed by atoms with van der Waals surface area (Å²) in [5.74, 6) is -2.02. The number of aromatic hydroxyl groups is 1. The van der Waals surface area contributed by atoms with Gasteiger partial charge in [-0.3, -0.25) is 4.79 Å². The molecule has 0 unspecified atom stereocenters. The second kappa shape index (κ2) is 6.20. The van der Waals surface area contributed by atoms with Gasteiger partial charge in [-0.1, -0.05) is 6.07 Å². The summed E-state index contributed by atoms with van der Waals surface area (Å²) < 4.78 is 5.51. The molecule has 1 aliphatic rings. The molecule has 8 heteroatoms. The number of hydrogen-bond acceptors (Lipinski definition) is 6. The molecule has 8 nitrogen and oxygen atoms in total. The van der Waals surface area contributed by atoms with E-state index in [4.69, 9.17) is 15.6 Å². The molecule has 2 atom stereocenters. The number of rotatable bonds is 5. The highest BCUT2D eigenvalue weighted by Gasteiger charge is 2.36. The van der Waals surface area contributed by atoms with Crippen molar-refractivity contribution in [3.63, 3.8) is 0 Å². The first-order valence-electron chi connectivity index (χ1n) is 6.75. The number of phenols is 1. The maximum absolute atomic E-state index is 11.8. The Hall–Kier alpha value is -2.32. The van der Waals surface area contributed by atoms with E-state index < -0.39 is 18.1 Å². The van der Waals surface area contributed by atoms with Gasteiger partial charge in [0.2, 0.25) is 5.91 Å². The molecule has 22 heavy (non-hydrogen) atoms. The first-order valence-corrected chi connectivity index (χ1v) is 6.75. The second-order valence-corrected chi connectivity index (χ2v) is 5.20. The highest BCUT2D eigenvalue weighted by Crippen LogP contribution is 2.29. The number of carboxylic acid groups (broad SMARTS) is 1. The summed E-state index contributed by atoms with van der Waals surface area (Å²) in [7, 11) is 0. The van der Waals surface area contributed by atoms with Crippen LogP contribution in [0, 0.1) is 0 Å². The fraction of sp³-hybridized carbons (Fsp3) is 0.429. The summed E-state index contributed by atoms with van der Waals surface area (Å²) in [5.41, 5.74) is 5.25. The van der Waals surface area contributed by atoms with Crippen molar-refractivity contribution in [1.82, 2.24) is 4.90 Å². The number of amides is 1. The molecule has 2 rings (SSSR count). The molecule has 1 aromatic rings. The largest absolute Gasteiger partial charge is 0.507 e. The van der Waals surface area contributed by atoms with E-state index in [9.17, 15) is 19.8 Å². The van der Waals surface area contributed by atoms with Crippen molar-refractivity contribution < 1.29 is 29.6 Å². The normalized spacial score (nSPS) is 17.5. The molecule has 0 radical (unpaired) electrons. The minimum absolute atomic E-state index is 0.0458. The van der Waals surface area contributed by atoms with E-state index in [2.05, 4.69) is 0 Å². The van der Waals surface area contributed by atoms with Gasteiger partial charge in [0, 0.05) is 0 Å². The highest BCUT2D eigenvalue weighted by molar-refractivity contribution is 5.94. The van der Waals surface area contributed by atoms with Crippen LogP contribution in [0.2, 0.25) is 0 Å². The number of nitrogens with two attached hydrogens (primary N) is 1. The van der Waals surface area contributed by atoms with Crippen LogP contribution in [0.1, 0.15) is 17.3 Å². The summed E-state index contributed by atoms with van der Waals surface area (Å²) in [4.78, 5) is 24.4. The molecule has 1 aromatic carbocycles. The predicted octanol–water partition coefficient (Wildman–Crippen LogP) is -0.612. The maximum atomic E-state index is 11.8. The minimum atomic E-state index is -1.29. The van der Waals surface area contributed by atoms with Gasteiger partial charge in [0.15, 0.2) is 0 Å². The standard InChI is InChI=1S/C14H18N2O6/c1-7(17)12(15)13(19)16-5-8(6-16)22-10-4-2-3-9(18)11(10)14(20)21/h2-4,7-8,12,17-18H,5-6,15H2,1H3,(H,20,21)/t7-,12+/m0/s1. The van der Waals surface area contributed by atoms with Gasteiger partial charge in [0.25, 0.3) is 0 Å². The number of aromatic carboxylic acids is 1. The Morgan fingerprint density at radius 1 is 1.41 bits per heavy atom. The average Bonchev–Trinajstić information content (AvgIpc) is 2.40. The monoisotopic (exact) mass is 310 g/mol. The van der Waals surface area contributed by atoms with Crippen LogP contribution in [0.4, 0.5) is 0 Å². The van der Waals surface area contributed by atoms with Crippen molar-refractivity contribution >= 4 is 11.9 Å². The number of ether oxygens (including phenoxy) is 1. The Labute approximate surface area is 126 Å². The van der Waals surface area contributed by atoms with Gasteiger partial charge in [-0.05, 0) is 19.1 Å². The van der Waals surface area contributed by atoms with E-state index in [1.807, 2.05) is 0 Å². The Morgan fingerprint density at radius 3 is 2.59 bits per heavy atom. The van der Waals surface area contributed by atoms with Crippen LogP contribution in [0.3, 0.4) is 0 Å². The third kappa shape index (κ3) is 3.12. The van der Waals surface area contributed by atoms with Crippen LogP contribution in [0.5, 0.6) is 11.5 Å². The molecule has 1 fully saturated rings. The first-order chi connectivity index (χ1) is 10.3. The molecule has 1 heterocycles. The van der Waals surface area contributed by atoms with Crippen LogP contribution in [0.15, 0.2) is 18.2 Å². The van der Waals surface area contributed by atoms with E-state index in [1.54, 1.807) is 0 Å². The third-order valence-electron chi connectivity index (χ3n) is 3.48. The maximum Gasteiger partial charge on any atom is 0.343 e. The van der Waals surface area contributed by atoms with Gasteiger partial charge in [0.1, 0.15) is 29.2 Å². The van der Waals surface area contributed by atoms with E-state index in [0.717, 1.165) is 0 Å². The molecule has 0 spiro atoms. The summed E-state index contributed by atoms with van der Waals surface area (Å²) >= 11 is 0. The van der Waals surface area contributed by atoms with Crippen LogP contribution >= 0.6 is 0 Å². The molecular weight excluding hydrogens is 292 g/mol. The lowest BCUT2D eigenvalue weighted by atomic mass is 10.1. The van der Waals surface area contributed by atoms with Gasteiger partial charge in [-0.15, -0.1) is 0 Å². The lowest BCUT2D eigenvalue weighted by Crippen LogP contribution is -2.61. The third-order valence-corrected chi connectivity index (χ3v) is 3.48. The van der Waals surface area contributed by atoms with Gasteiger partial charge >= 0.3 is 5.97 Å². The number of aliphatic hydroxyl groups is 1. The molecule has 1 aliphatic heterocycles. The number of nitrogens with zero attached hydrogens (tertiary/aromatic N) is 1. The summed E-state index contributed by atoms with van der Waals surface area (Å²) in [6.07, 6.45) is -1.33. The van der Waals surface area contributed by atoms with Crippen LogP contribution in [-0.4, -0.2) is 63.4 Å². The molecule has 0 saturated carbocycles. The highest BCUT2D eigenvalue weighted by atomic mass is 16.5. The predicted molar refractivity (Wildman–Crippen MR) is 75.7 cm³/mol. The summed E-state index contributed by atoms with van der Waals surface area (Å²) in [6.45, 7) is 1.92. The van der Waals surface area contributed by atoms with Gasteiger partial charge in [-0.2, -0.15) is 0 Å². The van der Waals surface area contributed by atoms with Gasteiger partial charge in [-0.25, -0.2) is 4.79 Å². The Morgan fingerprint density at radius 2 is 2.05 bits per heavy atom. The van der Waals surface area contributed by atoms with Crippen molar-refractivity contribution in [1.29, 1.82) is 0 Å². The molecule has 120 valence electrons. The van der Waals surface area contributed by atoms with Crippen LogP contribution in [0.25, 0.3) is 0 Å². The number of benzene rings is 1. The summed E-state index contributed by atoms with van der Waals surface area (Å²) in [5, 5.41) is 27.9. The average molecular weight is 310 g/mol. The molecule has 1 saturated heterocycles. The molecule has 0 aromatic heterocycles. The smallest absolute Gasteiger partial charge is 0.343 e. The number of carbonyl (C=O) groups excluding carboxylic acids is 1. The van der Waals surface area contributed by atoms with Gasteiger partial charge < -0.3 is 30.7 Å². The van der Waals surface area contributed by atoms with E-state index in [0.29, 0.717) is 0 Å². The SMILES string of the molecule is C[C@H](O)[C@@H](N)C(=O)N1CC(Oc2cccc(O)c2C(=O)O)C1. The summed E-state index contributed by atoms with van der Waals surface area (Å²) in [6, 6.07) is 3.18. The lowest BCUT2D eigenvalue weighted by Gasteiger charge is -2.40. The zero-order chi connectivity index (χ0) is 16.4. The van der Waals surface area contributed by atoms with Crippen molar-refractivity contribution in [2.75, 3.05) is 13.1 Å². The van der Waals surface area contributed by atoms with E-state index >= 15 is 0 Å². The lowest BCUT2D eigenvalue weighted by molar-refractivity contribution is -0.143. The molecule has 1 amide bonds. The van der Waals surface area contributed by atoms with Crippen molar-refractivity contribution in [2.45, 2.75) is 25.2 Å². The van der Waals surface area contributed by atoms with Gasteiger partial charge in [0.05, 0.1) is 19.2 Å². The van der Waals surface area contributed by atoms with Crippen molar-refractivity contribution in [3.05, 3.63) is 23.8 Å². The van der Waals surface area contributed by atoms with E-state index in [1.165, 1.54) is 30.0 Å². The second-order valence-electron chi connectivity index (χ2n) is 5.20. The van der Waals surface area contributed by atoms with Crippen LogP contribution < -0.4 is 10.5 Å².